The summed E-state index contributed by atoms with van der Waals surface area (Å²) in [6, 6.07) is 13.8. The van der Waals surface area contributed by atoms with Crippen LogP contribution in [-0.4, -0.2) is 17.1 Å². The monoisotopic (exact) mass is 348 g/mol. The standard InChI is InChI=1S/C15H10BrClN2O/c1-20-15-18-13-7-6-9(16)8-11(13)14(19-15)10-4-2-3-5-12(10)17/h2-8H,1H3. The van der Waals surface area contributed by atoms with Crippen LogP contribution < -0.4 is 4.74 Å². The number of halogens is 2. The van der Waals surface area contributed by atoms with Crippen LogP contribution in [0.2, 0.25) is 5.02 Å². The Hall–Kier alpha value is -1.65. The Balaban J connectivity index is 2.38. The van der Waals surface area contributed by atoms with E-state index in [4.69, 9.17) is 16.3 Å². The second-order valence-corrected chi connectivity index (χ2v) is 5.52. The molecule has 0 saturated carbocycles. The Labute approximate surface area is 129 Å². The maximum atomic E-state index is 6.28. The lowest BCUT2D eigenvalue weighted by atomic mass is 10.1. The summed E-state index contributed by atoms with van der Waals surface area (Å²) in [5, 5.41) is 1.57. The molecular weight excluding hydrogens is 340 g/mol. The molecule has 0 aliphatic heterocycles. The van der Waals surface area contributed by atoms with Crippen molar-refractivity contribution >= 4 is 38.4 Å². The number of aromatic nitrogens is 2. The third kappa shape index (κ3) is 2.37. The lowest BCUT2D eigenvalue weighted by Gasteiger charge is -2.09. The van der Waals surface area contributed by atoms with E-state index < -0.39 is 0 Å². The van der Waals surface area contributed by atoms with Crippen LogP contribution in [0.3, 0.4) is 0 Å². The van der Waals surface area contributed by atoms with Gasteiger partial charge < -0.3 is 4.74 Å². The average molecular weight is 350 g/mol. The number of rotatable bonds is 2. The molecule has 5 heteroatoms. The average Bonchev–Trinajstić information content (AvgIpc) is 2.47. The highest BCUT2D eigenvalue weighted by atomic mass is 79.9. The normalized spacial score (nSPS) is 10.8. The summed E-state index contributed by atoms with van der Waals surface area (Å²) in [4.78, 5) is 8.81. The highest BCUT2D eigenvalue weighted by molar-refractivity contribution is 9.10. The van der Waals surface area contributed by atoms with Crippen LogP contribution in [0.5, 0.6) is 6.01 Å². The van der Waals surface area contributed by atoms with E-state index in [1.165, 1.54) is 0 Å². The zero-order valence-electron chi connectivity index (χ0n) is 10.6. The van der Waals surface area contributed by atoms with Crippen molar-refractivity contribution in [3.05, 3.63) is 52.0 Å². The largest absolute Gasteiger partial charge is 0.467 e. The number of methoxy groups -OCH3 is 1. The molecule has 3 nitrogen and oxygen atoms in total. The molecule has 0 bridgehead atoms. The highest BCUT2D eigenvalue weighted by Crippen LogP contribution is 2.33. The summed E-state index contributed by atoms with van der Waals surface area (Å²) in [5.74, 6) is 0. The van der Waals surface area contributed by atoms with E-state index in [2.05, 4.69) is 25.9 Å². The molecule has 20 heavy (non-hydrogen) atoms. The number of benzene rings is 2. The van der Waals surface area contributed by atoms with Crippen molar-refractivity contribution < 1.29 is 4.74 Å². The van der Waals surface area contributed by atoms with E-state index in [-0.39, 0.29) is 0 Å². The fourth-order valence-corrected chi connectivity index (χ4v) is 2.62. The summed E-state index contributed by atoms with van der Waals surface area (Å²) < 4.78 is 6.14. The molecule has 0 N–H and O–H groups in total. The van der Waals surface area contributed by atoms with Gasteiger partial charge in [-0.2, -0.15) is 9.97 Å². The van der Waals surface area contributed by atoms with Gasteiger partial charge in [0, 0.05) is 20.4 Å². The third-order valence-electron chi connectivity index (χ3n) is 2.95. The van der Waals surface area contributed by atoms with Crippen molar-refractivity contribution in [2.45, 2.75) is 0 Å². The molecule has 3 rings (SSSR count). The second-order valence-electron chi connectivity index (χ2n) is 4.20. The topological polar surface area (TPSA) is 35.0 Å². The molecular formula is C15H10BrClN2O. The Kier molecular flexibility index (Phi) is 3.59. The van der Waals surface area contributed by atoms with Crippen LogP contribution in [0.15, 0.2) is 46.9 Å². The highest BCUT2D eigenvalue weighted by Gasteiger charge is 2.12. The van der Waals surface area contributed by atoms with Crippen molar-refractivity contribution in [1.82, 2.24) is 9.97 Å². The van der Waals surface area contributed by atoms with Crippen LogP contribution in [0, 0.1) is 0 Å². The molecule has 0 radical (unpaired) electrons. The summed E-state index contributed by atoms with van der Waals surface area (Å²) in [6.45, 7) is 0. The number of hydrogen-bond acceptors (Lipinski definition) is 3. The van der Waals surface area contributed by atoms with E-state index in [1.807, 2.05) is 42.5 Å². The maximum Gasteiger partial charge on any atom is 0.317 e. The van der Waals surface area contributed by atoms with Crippen molar-refractivity contribution in [3.63, 3.8) is 0 Å². The van der Waals surface area contributed by atoms with Gasteiger partial charge in [0.05, 0.1) is 18.3 Å². The number of fused-ring (bicyclic) bond motifs is 1. The van der Waals surface area contributed by atoms with Gasteiger partial charge in [-0.3, -0.25) is 0 Å². The summed E-state index contributed by atoms with van der Waals surface area (Å²) in [7, 11) is 1.55. The second kappa shape index (κ2) is 5.38. The molecule has 0 aliphatic carbocycles. The summed E-state index contributed by atoms with van der Waals surface area (Å²) in [6.07, 6.45) is 0. The van der Waals surface area contributed by atoms with Gasteiger partial charge in [-0.25, -0.2) is 0 Å². The van der Waals surface area contributed by atoms with Gasteiger partial charge in [-0.1, -0.05) is 45.7 Å². The Morgan fingerprint density at radius 3 is 2.65 bits per heavy atom. The van der Waals surface area contributed by atoms with E-state index in [1.54, 1.807) is 7.11 Å². The predicted octanol–water partition coefficient (Wildman–Crippen LogP) is 4.72. The van der Waals surface area contributed by atoms with Crippen LogP contribution in [0.4, 0.5) is 0 Å². The van der Waals surface area contributed by atoms with E-state index in [9.17, 15) is 0 Å². The summed E-state index contributed by atoms with van der Waals surface area (Å²) >= 11 is 9.75. The Morgan fingerprint density at radius 1 is 1.10 bits per heavy atom. The molecule has 0 fully saturated rings. The van der Waals surface area contributed by atoms with Gasteiger partial charge >= 0.3 is 6.01 Å². The van der Waals surface area contributed by atoms with Crippen LogP contribution in [-0.2, 0) is 0 Å². The molecule has 1 heterocycles. The lowest BCUT2D eigenvalue weighted by molar-refractivity contribution is 0.382. The maximum absolute atomic E-state index is 6.28. The van der Waals surface area contributed by atoms with Crippen molar-refractivity contribution in [1.29, 1.82) is 0 Å². The molecule has 0 unspecified atom stereocenters. The number of nitrogens with zero attached hydrogens (tertiary/aromatic N) is 2. The molecule has 0 saturated heterocycles. The van der Waals surface area contributed by atoms with Crippen molar-refractivity contribution in [3.8, 4) is 17.3 Å². The van der Waals surface area contributed by atoms with Crippen molar-refractivity contribution in [2.24, 2.45) is 0 Å². The third-order valence-corrected chi connectivity index (χ3v) is 3.77. The first-order chi connectivity index (χ1) is 9.69. The zero-order chi connectivity index (χ0) is 14.1. The molecule has 1 aromatic heterocycles. The first-order valence-electron chi connectivity index (χ1n) is 5.95. The fourth-order valence-electron chi connectivity index (χ4n) is 2.03. The Morgan fingerprint density at radius 2 is 1.90 bits per heavy atom. The quantitative estimate of drug-likeness (QED) is 0.671. The smallest absolute Gasteiger partial charge is 0.317 e. The molecule has 0 aliphatic rings. The van der Waals surface area contributed by atoms with Gasteiger partial charge in [0.1, 0.15) is 0 Å². The van der Waals surface area contributed by atoms with Gasteiger partial charge in [-0.05, 0) is 24.3 Å². The lowest BCUT2D eigenvalue weighted by Crippen LogP contribution is -1.96. The predicted molar refractivity (Wildman–Crippen MR) is 84.2 cm³/mol. The van der Waals surface area contributed by atoms with Crippen molar-refractivity contribution in [2.75, 3.05) is 7.11 Å². The Bertz CT molecular complexity index is 792. The zero-order valence-corrected chi connectivity index (χ0v) is 12.9. The van der Waals surface area contributed by atoms with Gasteiger partial charge in [-0.15, -0.1) is 0 Å². The molecule has 3 aromatic rings. The van der Waals surface area contributed by atoms with Crippen LogP contribution in [0.1, 0.15) is 0 Å². The number of ether oxygens (including phenoxy) is 1. The summed E-state index contributed by atoms with van der Waals surface area (Å²) in [5.41, 5.74) is 2.44. The molecule has 100 valence electrons. The first-order valence-corrected chi connectivity index (χ1v) is 7.12. The van der Waals surface area contributed by atoms with E-state index in [0.29, 0.717) is 11.0 Å². The first kappa shape index (κ1) is 13.3. The minimum absolute atomic E-state index is 0.328. The SMILES string of the molecule is COc1nc(-c2ccccc2Cl)c2cc(Br)ccc2n1. The number of hydrogen-bond donors (Lipinski definition) is 0. The van der Waals surface area contributed by atoms with Crippen LogP contribution in [0.25, 0.3) is 22.2 Å². The molecule has 2 aromatic carbocycles. The minimum Gasteiger partial charge on any atom is -0.467 e. The van der Waals surface area contributed by atoms with E-state index in [0.717, 1.165) is 26.6 Å². The van der Waals surface area contributed by atoms with Crippen LogP contribution >= 0.6 is 27.5 Å². The molecule has 0 amide bonds. The molecule has 0 atom stereocenters. The minimum atomic E-state index is 0.328. The fraction of sp³-hybridized carbons (Fsp3) is 0.0667. The van der Waals surface area contributed by atoms with E-state index >= 15 is 0 Å². The van der Waals surface area contributed by atoms with Gasteiger partial charge in [0.25, 0.3) is 0 Å². The molecule has 0 spiro atoms. The van der Waals surface area contributed by atoms with Gasteiger partial charge in [0.2, 0.25) is 0 Å². The van der Waals surface area contributed by atoms with Gasteiger partial charge in [0.15, 0.2) is 0 Å².